The average molecular weight is 617 g/mol. The summed E-state index contributed by atoms with van der Waals surface area (Å²) in [4.78, 5) is 8.46. The van der Waals surface area contributed by atoms with E-state index in [0.717, 1.165) is 64.9 Å². The first-order valence-electron chi connectivity index (χ1n) is 15.5. The molecule has 232 valence electrons. The van der Waals surface area contributed by atoms with Crippen LogP contribution in [-0.2, 0) is 19.5 Å². The highest BCUT2D eigenvalue weighted by molar-refractivity contribution is 5.60. The van der Waals surface area contributed by atoms with E-state index in [1.807, 2.05) is 34.1 Å². The van der Waals surface area contributed by atoms with E-state index in [1.165, 1.54) is 11.1 Å². The molecule has 2 heterocycles. The third-order valence-electron chi connectivity index (χ3n) is 8.43. The SMILES string of the molecule is C#CCN(CC#C)c1ccc2c(c1)CN(c1ccc(Cc3ccc(N4COc5ccc(N(CC#C)CC#C)cc5C4)cc3)cc1)CO2. The average Bonchev–Trinajstić information content (AvgIpc) is 3.11. The van der Waals surface area contributed by atoms with Gasteiger partial charge in [-0.2, -0.15) is 0 Å². The zero-order chi connectivity index (χ0) is 32.6. The minimum absolute atomic E-state index is 0.459. The molecular formula is C41H36N4O2. The smallest absolute Gasteiger partial charge is 0.161 e. The summed E-state index contributed by atoms with van der Waals surface area (Å²) in [6.07, 6.45) is 23.1. The van der Waals surface area contributed by atoms with Gasteiger partial charge < -0.3 is 29.1 Å². The van der Waals surface area contributed by atoms with Gasteiger partial charge in [0.25, 0.3) is 0 Å². The first kappa shape index (κ1) is 30.9. The Morgan fingerprint density at radius 2 is 0.915 bits per heavy atom. The monoisotopic (exact) mass is 616 g/mol. The Hall–Kier alpha value is -6.08. The van der Waals surface area contributed by atoms with Crippen molar-refractivity contribution in [1.82, 2.24) is 0 Å². The standard InChI is InChI=1S/C41H36N4O2/c1-5-21-42(22-6-2)38-17-19-40-34(26-38)28-44(30-46-40)36-13-9-32(10-14-36)25-33-11-15-37(16-12-33)45-29-35-27-39(18-20-41(35)47-31-45)43(23-7-3)24-8-4/h1-4,9-20,26-27H,21-25,28-31H2. The quantitative estimate of drug-likeness (QED) is 0.199. The Bertz CT molecular complexity index is 1720. The maximum atomic E-state index is 6.09. The lowest BCUT2D eigenvalue weighted by Gasteiger charge is -2.32. The van der Waals surface area contributed by atoms with Crippen LogP contribution in [0.2, 0.25) is 0 Å². The lowest BCUT2D eigenvalue weighted by Crippen LogP contribution is -2.32. The predicted molar refractivity (Wildman–Crippen MR) is 192 cm³/mol. The van der Waals surface area contributed by atoms with Crippen molar-refractivity contribution < 1.29 is 9.47 Å². The highest BCUT2D eigenvalue weighted by Crippen LogP contribution is 2.33. The van der Waals surface area contributed by atoms with Crippen LogP contribution in [0.15, 0.2) is 84.9 Å². The van der Waals surface area contributed by atoms with Gasteiger partial charge in [-0.1, -0.05) is 47.9 Å². The van der Waals surface area contributed by atoms with Crippen LogP contribution in [0.1, 0.15) is 22.3 Å². The zero-order valence-electron chi connectivity index (χ0n) is 26.4. The molecule has 0 saturated heterocycles. The fourth-order valence-corrected chi connectivity index (χ4v) is 5.99. The summed E-state index contributed by atoms with van der Waals surface area (Å²) in [6.45, 7) is 4.30. The number of rotatable bonds is 10. The predicted octanol–water partition coefficient (Wildman–Crippen LogP) is 6.14. The van der Waals surface area contributed by atoms with E-state index in [2.05, 4.69) is 94.1 Å². The number of fused-ring (bicyclic) bond motifs is 2. The van der Waals surface area contributed by atoms with Crippen LogP contribution in [0, 0.1) is 49.4 Å². The van der Waals surface area contributed by atoms with E-state index in [1.54, 1.807) is 0 Å². The molecule has 0 fully saturated rings. The normalized spacial score (nSPS) is 12.9. The van der Waals surface area contributed by atoms with E-state index in [9.17, 15) is 0 Å². The van der Waals surface area contributed by atoms with Crippen molar-refractivity contribution in [1.29, 1.82) is 0 Å². The first-order valence-corrected chi connectivity index (χ1v) is 15.5. The number of benzene rings is 4. The maximum absolute atomic E-state index is 6.09. The van der Waals surface area contributed by atoms with Crippen molar-refractivity contribution in [2.75, 3.05) is 59.2 Å². The van der Waals surface area contributed by atoms with Gasteiger partial charge >= 0.3 is 0 Å². The Kier molecular flexibility index (Phi) is 9.44. The molecular weight excluding hydrogens is 580 g/mol. The zero-order valence-corrected chi connectivity index (χ0v) is 26.4. The topological polar surface area (TPSA) is 31.4 Å². The van der Waals surface area contributed by atoms with Crippen LogP contribution in [0.4, 0.5) is 22.7 Å². The Labute approximate surface area is 278 Å². The number of terminal acetylenes is 4. The van der Waals surface area contributed by atoms with Crippen LogP contribution in [-0.4, -0.2) is 39.6 Å². The fraction of sp³-hybridized carbons (Fsp3) is 0.220. The van der Waals surface area contributed by atoms with Gasteiger partial charge in [0, 0.05) is 47.0 Å². The molecule has 0 saturated carbocycles. The number of ether oxygens (including phenoxy) is 2. The third-order valence-corrected chi connectivity index (χ3v) is 8.43. The third kappa shape index (κ3) is 7.10. The van der Waals surface area contributed by atoms with Crippen molar-refractivity contribution in [3.63, 3.8) is 0 Å². The molecule has 2 aliphatic heterocycles. The number of nitrogens with zero attached hydrogens (tertiary/aromatic N) is 4. The maximum Gasteiger partial charge on any atom is 0.161 e. The van der Waals surface area contributed by atoms with Crippen molar-refractivity contribution in [2.24, 2.45) is 0 Å². The van der Waals surface area contributed by atoms with Gasteiger partial charge in [-0.05, 0) is 78.2 Å². The molecule has 0 spiro atoms. The van der Waals surface area contributed by atoms with E-state index in [-0.39, 0.29) is 0 Å². The van der Waals surface area contributed by atoms with E-state index in [0.29, 0.717) is 39.6 Å². The molecule has 4 aromatic carbocycles. The van der Waals surface area contributed by atoms with Gasteiger partial charge in [-0.15, -0.1) is 25.7 Å². The Morgan fingerprint density at radius 1 is 0.532 bits per heavy atom. The van der Waals surface area contributed by atoms with Crippen LogP contribution in [0.25, 0.3) is 0 Å². The molecule has 0 aliphatic carbocycles. The molecule has 4 aromatic rings. The van der Waals surface area contributed by atoms with E-state index in [4.69, 9.17) is 35.2 Å². The molecule has 0 atom stereocenters. The van der Waals surface area contributed by atoms with Crippen LogP contribution < -0.4 is 29.1 Å². The van der Waals surface area contributed by atoms with Crippen LogP contribution in [0.3, 0.4) is 0 Å². The van der Waals surface area contributed by atoms with E-state index < -0.39 is 0 Å². The summed E-state index contributed by atoms with van der Waals surface area (Å²) in [7, 11) is 0. The molecule has 0 unspecified atom stereocenters. The Balaban J connectivity index is 1.08. The molecule has 6 heteroatoms. The summed E-state index contributed by atoms with van der Waals surface area (Å²) in [6, 6.07) is 29.7. The number of hydrogen-bond donors (Lipinski definition) is 0. The molecule has 0 bridgehead atoms. The van der Waals surface area contributed by atoms with Gasteiger partial charge in [0.2, 0.25) is 0 Å². The highest BCUT2D eigenvalue weighted by atomic mass is 16.5. The van der Waals surface area contributed by atoms with Crippen molar-refractivity contribution >= 4 is 22.7 Å². The largest absolute Gasteiger partial charge is 0.473 e. The summed E-state index contributed by atoms with van der Waals surface area (Å²) < 4.78 is 12.2. The molecule has 0 N–H and O–H groups in total. The number of anilines is 4. The number of hydrogen-bond acceptors (Lipinski definition) is 6. The van der Waals surface area contributed by atoms with Gasteiger partial charge in [0.1, 0.15) is 11.5 Å². The molecule has 0 amide bonds. The summed E-state index contributed by atoms with van der Waals surface area (Å²) in [5, 5.41) is 0. The van der Waals surface area contributed by atoms with E-state index >= 15 is 0 Å². The molecule has 0 radical (unpaired) electrons. The second-order valence-corrected chi connectivity index (χ2v) is 11.6. The van der Waals surface area contributed by atoms with Crippen molar-refractivity contribution in [3.8, 4) is 60.9 Å². The second-order valence-electron chi connectivity index (χ2n) is 11.6. The first-order chi connectivity index (χ1) is 23.1. The fourth-order valence-electron chi connectivity index (χ4n) is 5.99. The van der Waals surface area contributed by atoms with Crippen LogP contribution >= 0.6 is 0 Å². The van der Waals surface area contributed by atoms with Gasteiger partial charge in [0.15, 0.2) is 13.5 Å². The van der Waals surface area contributed by atoms with Crippen molar-refractivity contribution in [2.45, 2.75) is 19.5 Å². The van der Waals surface area contributed by atoms with Gasteiger partial charge in [0.05, 0.1) is 26.2 Å². The minimum atomic E-state index is 0.459. The Morgan fingerprint density at radius 3 is 1.28 bits per heavy atom. The lowest BCUT2D eigenvalue weighted by atomic mass is 10.0. The summed E-state index contributed by atoms with van der Waals surface area (Å²) >= 11 is 0. The van der Waals surface area contributed by atoms with Crippen molar-refractivity contribution in [3.05, 3.63) is 107 Å². The highest BCUT2D eigenvalue weighted by Gasteiger charge is 2.21. The lowest BCUT2D eigenvalue weighted by molar-refractivity contribution is 0.289. The molecule has 6 nitrogen and oxygen atoms in total. The summed E-state index contributed by atoms with van der Waals surface area (Å²) in [5.74, 6) is 12.6. The summed E-state index contributed by atoms with van der Waals surface area (Å²) in [5.41, 5.74) is 8.92. The van der Waals surface area contributed by atoms with Gasteiger partial charge in [-0.25, -0.2) is 0 Å². The molecule has 2 aliphatic rings. The van der Waals surface area contributed by atoms with Gasteiger partial charge in [-0.3, -0.25) is 0 Å². The minimum Gasteiger partial charge on any atom is -0.473 e. The molecule has 47 heavy (non-hydrogen) atoms. The van der Waals surface area contributed by atoms with Crippen LogP contribution in [0.5, 0.6) is 11.5 Å². The molecule has 0 aromatic heterocycles. The second kappa shape index (κ2) is 14.3. The molecule has 6 rings (SSSR count).